The zero-order chi connectivity index (χ0) is 57.8. The van der Waals surface area contributed by atoms with Crippen molar-refractivity contribution in [1.82, 2.24) is 5.32 Å². The monoisotopic (exact) mass is 1120 g/mol. The zero-order valence-corrected chi connectivity index (χ0v) is 54.1. The van der Waals surface area contributed by atoms with Gasteiger partial charge in [-0.2, -0.15) is 0 Å². The van der Waals surface area contributed by atoms with Crippen LogP contribution in [0.4, 0.5) is 0 Å². The highest BCUT2D eigenvalue weighted by Gasteiger charge is 2.20. The number of ether oxygens (including phenoxy) is 1. The summed E-state index contributed by atoms with van der Waals surface area (Å²) < 4.78 is 5.50. The van der Waals surface area contributed by atoms with E-state index in [4.69, 9.17) is 4.74 Å². The van der Waals surface area contributed by atoms with Gasteiger partial charge in [-0.3, -0.25) is 9.59 Å². The summed E-state index contributed by atoms with van der Waals surface area (Å²) in [5.74, 6) is -0.0188. The molecule has 472 valence electrons. The normalized spacial score (nSPS) is 12.7. The minimum atomic E-state index is -0.661. The van der Waals surface area contributed by atoms with Gasteiger partial charge >= 0.3 is 5.97 Å². The third kappa shape index (κ3) is 65.2. The number of unbranched alkanes of at least 4 members (excludes halogenated alkanes) is 51. The molecule has 6 heteroatoms. The van der Waals surface area contributed by atoms with Gasteiger partial charge in [0.05, 0.1) is 25.4 Å². The first-order valence-corrected chi connectivity index (χ1v) is 36.2. The quantitative estimate of drug-likeness (QED) is 0.0320. The van der Waals surface area contributed by atoms with Gasteiger partial charge in [0, 0.05) is 12.8 Å². The molecule has 0 aliphatic heterocycles. The minimum Gasteiger partial charge on any atom is -0.466 e. The molecule has 2 atom stereocenters. The molecule has 0 aromatic carbocycles. The lowest BCUT2D eigenvalue weighted by molar-refractivity contribution is -0.143. The number of aliphatic hydroxyl groups excluding tert-OH is 2. The molecule has 0 saturated carbocycles. The Kier molecular flexibility index (Phi) is 67.9. The summed E-state index contributed by atoms with van der Waals surface area (Å²) in [5.41, 5.74) is 0. The van der Waals surface area contributed by atoms with E-state index in [1.165, 1.54) is 315 Å². The van der Waals surface area contributed by atoms with E-state index in [0.717, 1.165) is 51.4 Å². The van der Waals surface area contributed by atoms with Crippen molar-refractivity contribution < 1.29 is 24.5 Å². The summed E-state index contributed by atoms with van der Waals surface area (Å²) >= 11 is 0. The lowest BCUT2D eigenvalue weighted by atomic mass is 10.0. The van der Waals surface area contributed by atoms with Gasteiger partial charge < -0.3 is 20.3 Å². The molecule has 3 N–H and O–H groups in total. The summed E-state index contributed by atoms with van der Waals surface area (Å²) in [7, 11) is 0. The number of hydrogen-bond donors (Lipinski definition) is 3. The summed E-state index contributed by atoms with van der Waals surface area (Å²) in [6, 6.07) is -0.538. The number of carbonyl (C=O) groups excluding carboxylic acids is 2. The van der Waals surface area contributed by atoms with Crippen molar-refractivity contribution in [3.63, 3.8) is 0 Å². The standard InChI is InChI=1S/C74H141NO5/c1-3-5-7-9-11-13-15-17-18-36-40-44-48-52-56-60-64-68-74(79)80-69-65-61-57-53-49-45-41-38-35-33-31-29-27-25-23-21-19-20-22-24-26-28-30-32-34-37-39-43-47-51-55-59-63-67-73(78)75-71(70-76)72(77)66-62-58-54-50-46-42-16-14-12-10-8-6-4-2/h11,13,17-18,23,25,71-72,76-77H,3-10,12,14-16,19-22,24,26-70H2,1-2H3,(H,75,78)/b13-11-,18-17-,25-23-. The molecule has 2 unspecified atom stereocenters. The lowest BCUT2D eigenvalue weighted by Gasteiger charge is -2.22. The molecule has 0 spiro atoms. The van der Waals surface area contributed by atoms with E-state index in [-0.39, 0.29) is 18.5 Å². The average molecular weight is 1120 g/mol. The third-order valence-electron chi connectivity index (χ3n) is 16.9. The Hall–Kier alpha value is -1.92. The van der Waals surface area contributed by atoms with Gasteiger partial charge in [-0.25, -0.2) is 0 Å². The molecule has 1 amide bonds. The Morgan fingerprint density at radius 3 is 0.988 bits per heavy atom. The van der Waals surface area contributed by atoms with Crippen LogP contribution in [0.15, 0.2) is 36.5 Å². The second-order valence-corrected chi connectivity index (χ2v) is 24.9. The Labute approximate surface area is 500 Å². The number of rotatable bonds is 68. The number of nitrogens with one attached hydrogen (secondary N) is 1. The lowest BCUT2D eigenvalue weighted by Crippen LogP contribution is -2.45. The van der Waals surface area contributed by atoms with E-state index in [2.05, 4.69) is 55.6 Å². The van der Waals surface area contributed by atoms with Crippen molar-refractivity contribution in [3.05, 3.63) is 36.5 Å². The number of allylic oxidation sites excluding steroid dienone is 6. The third-order valence-corrected chi connectivity index (χ3v) is 16.9. The van der Waals surface area contributed by atoms with Crippen LogP contribution in [0.3, 0.4) is 0 Å². The van der Waals surface area contributed by atoms with Crippen molar-refractivity contribution in [3.8, 4) is 0 Å². The molecule has 0 heterocycles. The maximum Gasteiger partial charge on any atom is 0.305 e. The summed E-state index contributed by atoms with van der Waals surface area (Å²) in [6.07, 6.45) is 89.2. The van der Waals surface area contributed by atoms with Crippen LogP contribution in [-0.4, -0.2) is 47.4 Å². The van der Waals surface area contributed by atoms with E-state index in [1.807, 2.05) is 0 Å². The van der Waals surface area contributed by atoms with Crippen LogP contribution in [0.5, 0.6) is 0 Å². The highest BCUT2D eigenvalue weighted by atomic mass is 16.5. The average Bonchev–Trinajstić information content (AvgIpc) is 3.46. The molecular formula is C74H141NO5. The molecule has 0 aliphatic rings. The zero-order valence-electron chi connectivity index (χ0n) is 54.1. The molecule has 0 aromatic heterocycles. The Morgan fingerprint density at radius 2 is 0.625 bits per heavy atom. The van der Waals surface area contributed by atoms with Gasteiger partial charge in [-0.15, -0.1) is 0 Å². The Bertz CT molecular complexity index is 1300. The number of hydrogen-bond acceptors (Lipinski definition) is 5. The van der Waals surface area contributed by atoms with Crippen molar-refractivity contribution >= 4 is 11.9 Å². The number of esters is 1. The fourth-order valence-electron chi connectivity index (χ4n) is 11.4. The summed E-state index contributed by atoms with van der Waals surface area (Å²) in [4.78, 5) is 24.6. The van der Waals surface area contributed by atoms with Crippen LogP contribution < -0.4 is 5.32 Å². The van der Waals surface area contributed by atoms with E-state index >= 15 is 0 Å². The molecule has 0 aliphatic carbocycles. The van der Waals surface area contributed by atoms with Crippen LogP contribution in [0.1, 0.15) is 399 Å². The minimum absolute atomic E-state index is 0.0113. The van der Waals surface area contributed by atoms with Gasteiger partial charge in [0.2, 0.25) is 5.91 Å². The maximum atomic E-state index is 12.5. The van der Waals surface area contributed by atoms with Crippen molar-refractivity contribution in [1.29, 1.82) is 0 Å². The summed E-state index contributed by atoms with van der Waals surface area (Å²) in [5, 5.41) is 23.3. The van der Waals surface area contributed by atoms with E-state index in [9.17, 15) is 19.8 Å². The first kappa shape index (κ1) is 78.1. The predicted molar refractivity (Wildman–Crippen MR) is 352 cm³/mol. The maximum absolute atomic E-state index is 12.5. The van der Waals surface area contributed by atoms with Crippen LogP contribution in [-0.2, 0) is 14.3 Å². The molecule has 0 fully saturated rings. The van der Waals surface area contributed by atoms with Gasteiger partial charge in [0.25, 0.3) is 0 Å². The first-order chi connectivity index (χ1) is 39.5. The SMILES string of the molecule is CCCCC/C=C\C/C=C\CCCCCCCCCC(=O)OCCCCCCCCCCCCCC/C=C\CCCCCCCCCCCCCCCCCCCC(=O)NC(CO)C(O)CCCCCCCCCCCCCCC. The van der Waals surface area contributed by atoms with Crippen molar-refractivity contribution in [2.45, 2.75) is 411 Å². The highest BCUT2D eigenvalue weighted by molar-refractivity contribution is 5.76. The second-order valence-electron chi connectivity index (χ2n) is 24.9. The van der Waals surface area contributed by atoms with Gasteiger partial charge in [-0.1, -0.05) is 339 Å². The second kappa shape index (κ2) is 69.6. The van der Waals surface area contributed by atoms with Crippen LogP contribution in [0.25, 0.3) is 0 Å². The Balaban J connectivity index is 3.33. The molecule has 0 bridgehead atoms. The molecular weight excluding hydrogens is 983 g/mol. The van der Waals surface area contributed by atoms with Crippen molar-refractivity contribution in [2.75, 3.05) is 13.2 Å². The molecule has 0 radical (unpaired) electrons. The fraction of sp³-hybridized carbons (Fsp3) is 0.892. The number of amides is 1. The van der Waals surface area contributed by atoms with Crippen LogP contribution in [0.2, 0.25) is 0 Å². The van der Waals surface area contributed by atoms with Gasteiger partial charge in [-0.05, 0) is 83.5 Å². The molecule has 0 saturated heterocycles. The number of aliphatic hydroxyl groups is 2. The van der Waals surface area contributed by atoms with E-state index in [1.54, 1.807) is 0 Å². The topological polar surface area (TPSA) is 95.9 Å². The molecule has 0 aromatic rings. The smallest absolute Gasteiger partial charge is 0.305 e. The van der Waals surface area contributed by atoms with Crippen molar-refractivity contribution in [2.24, 2.45) is 0 Å². The van der Waals surface area contributed by atoms with Crippen LogP contribution >= 0.6 is 0 Å². The molecule has 0 rings (SSSR count). The fourth-order valence-corrected chi connectivity index (χ4v) is 11.4. The molecule has 80 heavy (non-hydrogen) atoms. The predicted octanol–water partition coefficient (Wildman–Crippen LogP) is 23.5. The summed E-state index contributed by atoms with van der Waals surface area (Å²) in [6.45, 7) is 4.95. The van der Waals surface area contributed by atoms with E-state index < -0.39 is 12.1 Å². The number of carbonyl (C=O) groups is 2. The van der Waals surface area contributed by atoms with E-state index in [0.29, 0.717) is 25.9 Å². The first-order valence-electron chi connectivity index (χ1n) is 36.2. The van der Waals surface area contributed by atoms with Gasteiger partial charge in [0.15, 0.2) is 0 Å². The highest BCUT2D eigenvalue weighted by Crippen LogP contribution is 2.19. The molecule has 6 nitrogen and oxygen atoms in total. The van der Waals surface area contributed by atoms with Gasteiger partial charge in [0.1, 0.15) is 0 Å². The van der Waals surface area contributed by atoms with Crippen LogP contribution in [0, 0.1) is 0 Å². The Morgan fingerprint density at radius 1 is 0.350 bits per heavy atom. The largest absolute Gasteiger partial charge is 0.466 e.